The van der Waals surface area contributed by atoms with Crippen molar-refractivity contribution in [1.29, 1.82) is 5.26 Å². The summed E-state index contributed by atoms with van der Waals surface area (Å²) in [6.07, 6.45) is 0. The molecule has 3 rings (SSSR count). The Hall–Kier alpha value is -2.17. The van der Waals surface area contributed by atoms with Crippen molar-refractivity contribution in [3.8, 4) is 6.07 Å². The van der Waals surface area contributed by atoms with Crippen LogP contribution in [-0.2, 0) is 0 Å². The lowest BCUT2D eigenvalue weighted by Crippen LogP contribution is -2.01. The Morgan fingerprint density at radius 3 is 2.90 bits per heavy atom. The molecule has 0 amide bonds. The van der Waals surface area contributed by atoms with Gasteiger partial charge in [-0.3, -0.25) is 0 Å². The van der Waals surface area contributed by atoms with Gasteiger partial charge in [-0.25, -0.2) is 4.98 Å². The van der Waals surface area contributed by atoms with Gasteiger partial charge in [-0.2, -0.15) is 10.2 Å². The van der Waals surface area contributed by atoms with Gasteiger partial charge in [0.05, 0.1) is 16.6 Å². The number of hydrogen-bond donors (Lipinski definition) is 2. The van der Waals surface area contributed by atoms with E-state index in [-0.39, 0.29) is 0 Å². The number of aromatic nitrogens is 2. The van der Waals surface area contributed by atoms with E-state index < -0.39 is 0 Å². The molecule has 2 N–H and O–H groups in total. The third kappa shape index (κ3) is 2.68. The number of nitrogens with one attached hydrogen (secondary N) is 2. The van der Waals surface area contributed by atoms with Crippen LogP contribution < -0.4 is 10.6 Å². The van der Waals surface area contributed by atoms with Crippen LogP contribution in [0.25, 0.3) is 10.2 Å². The Labute approximate surface area is 133 Å². The fraction of sp³-hybridized carbons (Fsp3) is 0.0714. The minimum atomic E-state index is 0.545. The van der Waals surface area contributed by atoms with Crippen LogP contribution in [0.1, 0.15) is 5.56 Å². The van der Waals surface area contributed by atoms with Crippen LogP contribution in [0.15, 0.2) is 34.1 Å². The van der Waals surface area contributed by atoms with Crippen molar-refractivity contribution in [2.75, 3.05) is 17.7 Å². The molecular formula is C14H10BrN5S. The molecule has 2 aromatic heterocycles. The van der Waals surface area contributed by atoms with Gasteiger partial charge in [-0.05, 0) is 29.6 Å². The zero-order valence-electron chi connectivity index (χ0n) is 11.0. The third-order valence-corrected chi connectivity index (χ3v) is 4.20. The van der Waals surface area contributed by atoms with E-state index in [9.17, 15) is 5.26 Å². The van der Waals surface area contributed by atoms with E-state index in [1.165, 1.54) is 0 Å². The first-order valence-corrected chi connectivity index (χ1v) is 7.78. The lowest BCUT2D eigenvalue weighted by molar-refractivity contribution is 1.20. The van der Waals surface area contributed by atoms with Crippen LogP contribution in [0.4, 0.5) is 17.5 Å². The molecule has 2 heterocycles. The van der Waals surface area contributed by atoms with Crippen molar-refractivity contribution in [2.24, 2.45) is 0 Å². The highest BCUT2D eigenvalue weighted by atomic mass is 79.9. The molecule has 0 radical (unpaired) electrons. The second kappa shape index (κ2) is 5.68. The molecule has 0 saturated heterocycles. The highest BCUT2D eigenvalue weighted by Crippen LogP contribution is 2.30. The molecule has 0 atom stereocenters. The Morgan fingerprint density at radius 2 is 2.14 bits per heavy atom. The Balaban J connectivity index is 2.10. The minimum absolute atomic E-state index is 0.545. The van der Waals surface area contributed by atoms with Crippen LogP contribution in [0.5, 0.6) is 0 Å². The van der Waals surface area contributed by atoms with Gasteiger partial charge in [0.25, 0.3) is 0 Å². The van der Waals surface area contributed by atoms with E-state index in [1.54, 1.807) is 24.5 Å². The molecule has 3 aromatic rings. The van der Waals surface area contributed by atoms with Gasteiger partial charge in [-0.1, -0.05) is 15.9 Å². The molecule has 0 aliphatic heterocycles. The number of anilines is 3. The van der Waals surface area contributed by atoms with E-state index >= 15 is 0 Å². The maximum Gasteiger partial charge on any atom is 0.225 e. The quantitative estimate of drug-likeness (QED) is 0.735. The topological polar surface area (TPSA) is 73.6 Å². The van der Waals surface area contributed by atoms with Crippen LogP contribution in [0.2, 0.25) is 0 Å². The number of halogens is 1. The van der Waals surface area contributed by atoms with Gasteiger partial charge in [0.2, 0.25) is 5.95 Å². The molecule has 104 valence electrons. The van der Waals surface area contributed by atoms with Crippen molar-refractivity contribution in [3.63, 3.8) is 0 Å². The van der Waals surface area contributed by atoms with Crippen LogP contribution in [0.3, 0.4) is 0 Å². The highest BCUT2D eigenvalue weighted by molar-refractivity contribution is 9.10. The highest BCUT2D eigenvalue weighted by Gasteiger charge is 2.10. The van der Waals surface area contributed by atoms with Gasteiger partial charge in [0.1, 0.15) is 16.7 Å². The Bertz CT molecular complexity index is 852. The van der Waals surface area contributed by atoms with E-state index in [1.807, 2.05) is 23.6 Å². The molecule has 0 aliphatic rings. The zero-order valence-corrected chi connectivity index (χ0v) is 13.4. The van der Waals surface area contributed by atoms with Crippen LogP contribution in [0, 0.1) is 11.3 Å². The molecule has 7 heteroatoms. The monoisotopic (exact) mass is 359 g/mol. The van der Waals surface area contributed by atoms with Crippen molar-refractivity contribution in [1.82, 2.24) is 9.97 Å². The number of benzene rings is 1. The first-order chi connectivity index (χ1) is 10.2. The van der Waals surface area contributed by atoms with Gasteiger partial charge < -0.3 is 10.6 Å². The summed E-state index contributed by atoms with van der Waals surface area (Å²) in [5.74, 6) is 1.23. The minimum Gasteiger partial charge on any atom is -0.357 e. The van der Waals surface area contributed by atoms with Gasteiger partial charge >= 0.3 is 0 Å². The van der Waals surface area contributed by atoms with Gasteiger partial charge in [0, 0.05) is 11.5 Å². The Morgan fingerprint density at radius 1 is 1.29 bits per heavy atom. The number of fused-ring (bicyclic) bond motifs is 1. The fourth-order valence-electron chi connectivity index (χ4n) is 1.91. The summed E-state index contributed by atoms with van der Waals surface area (Å²) >= 11 is 4.92. The summed E-state index contributed by atoms with van der Waals surface area (Å²) in [5.41, 5.74) is 1.27. The summed E-state index contributed by atoms with van der Waals surface area (Å²) in [7, 11) is 1.78. The normalized spacial score (nSPS) is 10.3. The zero-order chi connectivity index (χ0) is 14.8. The predicted octanol–water partition coefficient (Wildman–Crippen LogP) is 4.11. The molecule has 21 heavy (non-hydrogen) atoms. The van der Waals surface area contributed by atoms with E-state index in [2.05, 4.69) is 42.6 Å². The summed E-state index contributed by atoms with van der Waals surface area (Å²) < 4.78 is 0.865. The molecule has 0 aliphatic carbocycles. The first-order valence-electron chi connectivity index (χ1n) is 6.11. The molecule has 0 saturated carbocycles. The predicted molar refractivity (Wildman–Crippen MR) is 89.1 cm³/mol. The molecule has 0 spiro atoms. The summed E-state index contributed by atoms with van der Waals surface area (Å²) in [5, 5.41) is 18.3. The number of nitrogens with zero attached hydrogens (tertiary/aromatic N) is 3. The standard InChI is InChI=1S/C14H10BrN5S/c1-17-14-19-12(10-4-5-21-13(10)20-14)18-11-3-2-9(15)6-8(11)7-16/h2-6H,1H3,(H2,17,18,19,20). The molecular weight excluding hydrogens is 350 g/mol. The lowest BCUT2D eigenvalue weighted by Gasteiger charge is -2.10. The van der Waals surface area contributed by atoms with Crippen LogP contribution in [-0.4, -0.2) is 17.0 Å². The summed E-state index contributed by atoms with van der Waals surface area (Å²) in [6.45, 7) is 0. The first kappa shape index (κ1) is 13.8. The molecule has 1 aromatic carbocycles. The number of thiophene rings is 1. The molecule has 5 nitrogen and oxygen atoms in total. The molecule has 0 unspecified atom stereocenters. The summed E-state index contributed by atoms with van der Waals surface area (Å²) in [6, 6.07) is 9.65. The second-order valence-corrected chi connectivity index (χ2v) is 6.02. The Kier molecular flexibility index (Phi) is 3.73. The van der Waals surface area contributed by atoms with Crippen molar-refractivity contribution in [2.45, 2.75) is 0 Å². The summed E-state index contributed by atoms with van der Waals surface area (Å²) in [4.78, 5) is 9.73. The average Bonchev–Trinajstić information content (AvgIpc) is 2.97. The maximum absolute atomic E-state index is 9.24. The van der Waals surface area contributed by atoms with Crippen molar-refractivity contribution in [3.05, 3.63) is 39.7 Å². The SMILES string of the molecule is CNc1nc(Nc2ccc(Br)cc2C#N)c2ccsc2n1. The van der Waals surface area contributed by atoms with E-state index in [0.29, 0.717) is 23.0 Å². The lowest BCUT2D eigenvalue weighted by atomic mass is 10.2. The second-order valence-electron chi connectivity index (χ2n) is 4.21. The number of nitriles is 1. The average molecular weight is 360 g/mol. The van der Waals surface area contributed by atoms with E-state index in [4.69, 9.17) is 0 Å². The third-order valence-electron chi connectivity index (χ3n) is 2.90. The van der Waals surface area contributed by atoms with Gasteiger partial charge in [-0.15, -0.1) is 11.3 Å². The van der Waals surface area contributed by atoms with Crippen molar-refractivity contribution >= 4 is 54.9 Å². The van der Waals surface area contributed by atoms with Crippen LogP contribution >= 0.6 is 27.3 Å². The maximum atomic E-state index is 9.24. The van der Waals surface area contributed by atoms with Gasteiger partial charge in [0.15, 0.2) is 0 Å². The largest absolute Gasteiger partial charge is 0.357 e. The molecule has 0 bridgehead atoms. The van der Waals surface area contributed by atoms with Crippen molar-refractivity contribution < 1.29 is 0 Å². The number of hydrogen-bond acceptors (Lipinski definition) is 6. The smallest absolute Gasteiger partial charge is 0.225 e. The number of rotatable bonds is 3. The molecule has 0 fully saturated rings. The van der Waals surface area contributed by atoms with E-state index in [0.717, 1.165) is 14.7 Å². The fourth-order valence-corrected chi connectivity index (χ4v) is 3.03.